The van der Waals surface area contributed by atoms with Crippen LogP contribution in [0.2, 0.25) is 0 Å². The summed E-state index contributed by atoms with van der Waals surface area (Å²) in [4.78, 5) is 15.8. The maximum Gasteiger partial charge on any atom is 0.319 e. The Labute approximate surface area is 141 Å². The molecule has 1 aromatic heterocycles. The van der Waals surface area contributed by atoms with Gasteiger partial charge in [0.05, 0.1) is 0 Å². The van der Waals surface area contributed by atoms with Crippen LogP contribution in [0.1, 0.15) is 23.6 Å². The minimum Gasteiger partial charge on any atom is -0.337 e. The number of urea groups is 1. The lowest BCUT2D eigenvalue weighted by Gasteiger charge is -2.31. The number of piperidine rings is 1. The summed E-state index contributed by atoms with van der Waals surface area (Å²) in [5, 5.41) is 7.93. The zero-order valence-corrected chi connectivity index (χ0v) is 14.0. The fourth-order valence-electron chi connectivity index (χ4n) is 2.99. The summed E-state index contributed by atoms with van der Waals surface area (Å²) in [5.41, 5.74) is 0.821. The van der Waals surface area contributed by atoms with Gasteiger partial charge in [0, 0.05) is 23.7 Å². The van der Waals surface area contributed by atoms with Crippen molar-refractivity contribution in [3.8, 4) is 0 Å². The van der Waals surface area contributed by atoms with E-state index in [1.807, 2.05) is 41.7 Å². The number of nitrogens with zero attached hydrogens (tertiary/aromatic N) is 1. The highest BCUT2D eigenvalue weighted by atomic mass is 32.1. The Morgan fingerprint density at radius 2 is 1.91 bits per heavy atom. The van der Waals surface area contributed by atoms with Gasteiger partial charge in [-0.3, -0.25) is 0 Å². The summed E-state index contributed by atoms with van der Waals surface area (Å²) in [7, 11) is 0. The molecule has 4 nitrogen and oxygen atoms in total. The van der Waals surface area contributed by atoms with Crippen molar-refractivity contribution in [2.45, 2.75) is 18.8 Å². The predicted octanol–water partition coefficient (Wildman–Crippen LogP) is 3.75. The molecule has 23 heavy (non-hydrogen) atoms. The highest BCUT2D eigenvalue weighted by Crippen LogP contribution is 2.30. The number of nitrogens with one attached hydrogen (secondary N) is 2. The number of likely N-dealkylation sites (tertiary alicyclic amines) is 1. The predicted molar refractivity (Wildman–Crippen MR) is 96.2 cm³/mol. The summed E-state index contributed by atoms with van der Waals surface area (Å²) in [6.07, 6.45) is 2.44. The fraction of sp³-hybridized carbons (Fsp3) is 0.389. The number of carbonyl (C=O) groups is 1. The first-order valence-corrected chi connectivity index (χ1v) is 9.05. The van der Waals surface area contributed by atoms with E-state index in [1.165, 1.54) is 17.7 Å². The zero-order chi connectivity index (χ0) is 15.9. The first kappa shape index (κ1) is 16.0. The molecule has 1 aliphatic rings. The third-order valence-electron chi connectivity index (χ3n) is 4.28. The molecule has 0 aliphatic carbocycles. The second kappa shape index (κ2) is 8.13. The third kappa shape index (κ3) is 4.81. The van der Waals surface area contributed by atoms with Crippen LogP contribution in [0.5, 0.6) is 0 Å². The molecule has 5 heteroatoms. The molecular formula is C18H23N3OS. The molecule has 2 N–H and O–H groups in total. The highest BCUT2D eigenvalue weighted by molar-refractivity contribution is 7.10. The van der Waals surface area contributed by atoms with Crippen LogP contribution >= 0.6 is 11.3 Å². The molecule has 2 aromatic rings. The average molecular weight is 329 g/mol. The van der Waals surface area contributed by atoms with Crippen LogP contribution in [0.3, 0.4) is 0 Å². The van der Waals surface area contributed by atoms with Gasteiger partial charge in [0.2, 0.25) is 0 Å². The SMILES string of the molecule is O=C(NCCN1CCC(c2cccs2)CC1)Nc1ccccc1. The molecule has 3 rings (SSSR count). The number of amides is 2. The van der Waals surface area contributed by atoms with Crippen LogP contribution in [-0.4, -0.2) is 37.1 Å². The van der Waals surface area contributed by atoms with Crippen molar-refractivity contribution in [3.05, 3.63) is 52.7 Å². The molecule has 0 radical (unpaired) electrons. The van der Waals surface area contributed by atoms with E-state index in [-0.39, 0.29) is 6.03 Å². The number of rotatable bonds is 5. The summed E-state index contributed by atoms with van der Waals surface area (Å²) in [6, 6.07) is 13.8. The van der Waals surface area contributed by atoms with E-state index in [9.17, 15) is 4.79 Å². The second-order valence-corrected chi connectivity index (χ2v) is 6.86. The van der Waals surface area contributed by atoms with Crippen molar-refractivity contribution in [2.24, 2.45) is 0 Å². The molecule has 2 amide bonds. The van der Waals surface area contributed by atoms with Gasteiger partial charge in [-0.1, -0.05) is 24.3 Å². The minimum absolute atomic E-state index is 0.135. The first-order valence-electron chi connectivity index (χ1n) is 8.17. The van der Waals surface area contributed by atoms with Gasteiger partial charge < -0.3 is 15.5 Å². The van der Waals surface area contributed by atoms with Gasteiger partial charge in [0.1, 0.15) is 0 Å². The smallest absolute Gasteiger partial charge is 0.319 e. The quantitative estimate of drug-likeness (QED) is 0.877. The van der Waals surface area contributed by atoms with Crippen molar-refractivity contribution in [1.29, 1.82) is 0 Å². The van der Waals surface area contributed by atoms with Gasteiger partial charge in [0.25, 0.3) is 0 Å². The molecular weight excluding hydrogens is 306 g/mol. The Balaban J connectivity index is 1.33. The molecule has 1 saturated heterocycles. The second-order valence-electron chi connectivity index (χ2n) is 5.88. The molecule has 0 spiro atoms. The molecule has 0 bridgehead atoms. The minimum atomic E-state index is -0.135. The number of hydrogen-bond donors (Lipinski definition) is 2. The van der Waals surface area contributed by atoms with Crippen molar-refractivity contribution in [3.63, 3.8) is 0 Å². The summed E-state index contributed by atoms with van der Waals surface area (Å²) < 4.78 is 0. The summed E-state index contributed by atoms with van der Waals surface area (Å²) >= 11 is 1.87. The Hall–Kier alpha value is -1.85. The molecule has 1 fully saturated rings. The lowest BCUT2D eigenvalue weighted by atomic mass is 9.95. The van der Waals surface area contributed by atoms with Crippen molar-refractivity contribution in [2.75, 3.05) is 31.5 Å². The van der Waals surface area contributed by atoms with Crippen molar-refractivity contribution in [1.82, 2.24) is 10.2 Å². The maximum atomic E-state index is 11.8. The number of para-hydroxylation sites is 1. The molecule has 1 aromatic carbocycles. The van der Waals surface area contributed by atoms with Crippen LogP contribution < -0.4 is 10.6 Å². The Kier molecular flexibility index (Phi) is 5.66. The summed E-state index contributed by atoms with van der Waals surface area (Å²) in [6.45, 7) is 3.83. The number of carbonyl (C=O) groups excluding carboxylic acids is 1. The number of anilines is 1. The van der Waals surface area contributed by atoms with Crippen LogP contribution in [0, 0.1) is 0 Å². The first-order chi connectivity index (χ1) is 11.3. The van der Waals surface area contributed by atoms with Crippen LogP contribution in [0.15, 0.2) is 47.8 Å². The van der Waals surface area contributed by atoms with E-state index in [0.717, 1.165) is 31.2 Å². The normalized spacial score (nSPS) is 16.2. The topological polar surface area (TPSA) is 44.4 Å². The maximum absolute atomic E-state index is 11.8. The van der Waals surface area contributed by atoms with Crippen molar-refractivity contribution < 1.29 is 4.79 Å². The molecule has 2 heterocycles. The number of thiophene rings is 1. The fourth-order valence-corrected chi connectivity index (χ4v) is 3.89. The summed E-state index contributed by atoms with van der Waals surface area (Å²) in [5.74, 6) is 0.723. The van der Waals surface area contributed by atoms with E-state index in [1.54, 1.807) is 0 Å². The van der Waals surface area contributed by atoms with Gasteiger partial charge >= 0.3 is 6.03 Å². The molecule has 0 saturated carbocycles. The van der Waals surface area contributed by atoms with Crippen LogP contribution in [-0.2, 0) is 0 Å². The molecule has 0 unspecified atom stereocenters. The monoisotopic (exact) mass is 329 g/mol. The van der Waals surface area contributed by atoms with Crippen LogP contribution in [0.4, 0.5) is 10.5 Å². The van der Waals surface area contributed by atoms with Crippen LogP contribution in [0.25, 0.3) is 0 Å². The Morgan fingerprint density at radius 3 is 2.61 bits per heavy atom. The Morgan fingerprint density at radius 1 is 1.13 bits per heavy atom. The van der Waals surface area contributed by atoms with Gasteiger partial charge in [-0.15, -0.1) is 11.3 Å². The van der Waals surface area contributed by atoms with Gasteiger partial charge in [0.15, 0.2) is 0 Å². The van der Waals surface area contributed by atoms with Gasteiger partial charge in [-0.25, -0.2) is 4.79 Å². The van der Waals surface area contributed by atoms with Gasteiger partial charge in [-0.2, -0.15) is 0 Å². The third-order valence-corrected chi connectivity index (χ3v) is 5.31. The standard InChI is InChI=1S/C18H23N3OS/c22-18(20-16-5-2-1-3-6-16)19-10-13-21-11-8-15(9-12-21)17-7-4-14-23-17/h1-7,14-15H,8-13H2,(H2,19,20,22). The van der Waals surface area contributed by atoms with E-state index < -0.39 is 0 Å². The lowest BCUT2D eigenvalue weighted by Crippen LogP contribution is -2.40. The number of hydrogen-bond acceptors (Lipinski definition) is 3. The van der Waals surface area contributed by atoms with E-state index in [4.69, 9.17) is 0 Å². The van der Waals surface area contributed by atoms with Crippen molar-refractivity contribution >= 4 is 23.1 Å². The zero-order valence-electron chi connectivity index (χ0n) is 13.2. The molecule has 0 atom stereocenters. The average Bonchev–Trinajstić information content (AvgIpc) is 3.11. The lowest BCUT2D eigenvalue weighted by molar-refractivity contribution is 0.212. The highest BCUT2D eigenvalue weighted by Gasteiger charge is 2.20. The van der Waals surface area contributed by atoms with Gasteiger partial charge in [-0.05, 0) is 55.4 Å². The van der Waals surface area contributed by atoms with E-state index in [2.05, 4.69) is 33.0 Å². The van der Waals surface area contributed by atoms with E-state index >= 15 is 0 Å². The Bertz CT molecular complexity index is 592. The molecule has 122 valence electrons. The number of benzene rings is 1. The molecule has 1 aliphatic heterocycles. The van der Waals surface area contributed by atoms with E-state index in [0.29, 0.717) is 6.54 Å². The largest absolute Gasteiger partial charge is 0.337 e.